The number of H-pyrrole nitrogens is 1. The predicted molar refractivity (Wildman–Crippen MR) is 63.4 cm³/mol. The van der Waals surface area contributed by atoms with Gasteiger partial charge < -0.3 is 10.7 Å². The molecular formula is C12H13N3O. The van der Waals surface area contributed by atoms with E-state index in [4.69, 9.17) is 12.2 Å². The maximum atomic E-state index is 10.8. The van der Waals surface area contributed by atoms with Gasteiger partial charge in [0, 0.05) is 19.0 Å². The highest BCUT2D eigenvalue weighted by Crippen LogP contribution is 2.01. The molecule has 0 saturated carbocycles. The number of hydrogen-bond acceptors (Lipinski definition) is 3. The van der Waals surface area contributed by atoms with Crippen LogP contribution in [0.25, 0.3) is 0 Å². The molecule has 0 spiro atoms. The molecule has 16 heavy (non-hydrogen) atoms. The van der Waals surface area contributed by atoms with Crippen LogP contribution in [-0.4, -0.2) is 9.97 Å². The second-order valence-corrected chi connectivity index (χ2v) is 3.22. The molecule has 1 aromatic heterocycles. The minimum absolute atomic E-state index is 0.167. The molecule has 1 aromatic rings. The smallest absolute Gasteiger partial charge is 0.346 e. The number of hydrogen-bond donors (Lipinski definition) is 2. The highest BCUT2D eigenvalue weighted by molar-refractivity contribution is 5.48. The summed E-state index contributed by atoms with van der Waals surface area (Å²) in [7, 11) is 0. The zero-order valence-corrected chi connectivity index (χ0v) is 8.92. The van der Waals surface area contributed by atoms with Crippen molar-refractivity contribution in [1.82, 2.24) is 9.97 Å². The molecule has 0 aliphatic carbocycles. The summed E-state index contributed by atoms with van der Waals surface area (Å²) in [5.41, 5.74) is 5.61. The lowest BCUT2D eigenvalue weighted by Crippen LogP contribution is -2.12. The monoisotopic (exact) mass is 215 g/mol. The van der Waals surface area contributed by atoms with E-state index in [-0.39, 0.29) is 5.82 Å². The Labute approximate surface area is 94.3 Å². The van der Waals surface area contributed by atoms with E-state index in [9.17, 15) is 4.79 Å². The molecule has 0 unspecified atom stereocenters. The third-order valence-electron chi connectivity index (χ3n) is 1.93. The van der Waals surface area contributed by atoms with Crippen LogP contribution in [0.2, 0.25) is 0 Å². The Balaban J connectivity index is 2.51. The van der Waals surface area contributed by atoms with E-state index in [2.05, 4.69) is 27.7 Å². The molecule has 3 N–H and O–H groups in total. The van der Waals surface area contributed by atoms with Crippen LogP contribution in [0.5, 0.6) is 0 Å². The van der Waals surface area contributed by atoms with Crippen LogP contribution < -0.4 is 11.4 Å². The largest absolute Gasteiger partial charge is 0.382 e. The van der Waals surface area contributed by atoms with Gasteiger partial charge in [0.05, 0.1) is 5.56 Å². The van der Waals surface area contributed by atoms with E-state index < -0.39 is 5.69 Å². The summed E-state index contributed by atoms with van der Waals surface area (Å²) in [6.07, 6.45) is 10.1. The van der Waals surface area contributed by atoms with Crippen molar-refractivity contribution in [3.8, 4) is 24.2 Å². The van der Waals surface area contributed by atoms with Crippen molar-refractivity contribution in [1.29, 1.82) is 0 Å². The Kier molecular flexibility index (Phi) is 4.69. The van der Waals surface area contributed by atoms with Crippen LogP contribution in [0.1, 0.15) is 31.2 Å². The number of rotatable bonds is 3. The van der Waals surface area contributed by atoms with Crippen LogP contribution in [0.4, 0.5) is 5.82 Å². The lowest BCUT2D eigenvalue weighted by atomic mass is 10.2. The molecule has 1 rings (SSSR count). The fraction of sp³-hybridized carbons (Fsp3) is 0.333. The minimum atomic E-state index is -0.461. The Morgan fingerprint density at radius 2 is 2.19 bits per heavy atom. The van der Waals surface area contributed by atoms with Crippen molar-refractivity contribution in [3.63, 3.8) is 0 Å². The van der Waals surface area contributed by atoms with Gasteiger partial charge >= 0.3 is 5.69 Å². The van der Waals surface area contributed by atoms with Crippen LogP contribution in [0.15, 0.2) is 11.0 Å². The van der Waals surface area contributed by atoms with Gasteiger partial charge in [-0.05, 0) is 12.8 Å². The third kappa shape index (κ3) is 3.89. The van der Waals surface area contributed by atoms with Gasteiger partial charge in [-0.3, -0.25) is 0 Å². The third-order valence-corrected chi connectivity index (χ3v) is 1.93. The molecule has 82 valence electrons. The molecule has 0 aliphatic heterocycles. The first-order valence-corrected chi connectivity index (χ1v) is 5.01. The van der Waals surface area contributed by atoms with Crippen molar-refractivity contribution >= 4 is 5.82 Å². The van der Waals surface area contributed by atoms with Crippen molar-refractivity contribution < 1.29 is 0 Å². The first-order chi connectivity index (χ1) is 7.74. The number of nitrogens with one attached hydrogen (secondary N) is 1. The number of nitrogens with two attached hydrogens (primary N) is 1. The molecule has 0 fully saturated rings. The van der Waals surface area contributed by atoms with Crippen LogP contribution in [-0.2, 0) is 0 Å². The Morgan fingerprint density at radius 1 is 1.44 bits per heavy atom. The molecule has 0 amide bonds. The highest BCUT2D eigenvalue weighted by Gasteiger charge is 1.96. The van der Waals surface area contributed by atoms with E-state index in [0.29, 0.717) is 5.56 Å². The summed E-state index contributed by atoms with van der Waals surface area (Å²) in [6.45, 7) is 0. The zero-order chi connectivity index (χ0) is 11.8. The SMILES string of the molecule is C#CCCCCC#Cc1c[nH]c(=O)nc1N. The second kappa shape index (κ2) is 6.31. The van der Waals surface area contributed by atoms with E-state index in [1.165, 1.54) is 6.20 Å². The normalized spacial score (nSPS) is 8.94. The molecule has 0 aromatic carbocycles. The van der Waals surface area contributed by atoms with Crippen LogP contribution >= 0.6 is 0 Å². The average Bonchev–Trinajstić information content (AvgIpc) is 2.26. The Bertz CT molecular complexity index is 499. The standard InChI is InChI=1S/C12H13N3O/c1-2-3-4-5-6-7-8-10-9-14-12(16)15-11(10)13/h1,9H,3-6H2,(H3,13,14,15,16). The maximum absolute atomic E-state index is 10.8. The van der Waals surface area contributed by atoms with Crippen molar-refractivity contribution in [2.75, 3.05) is 5.73 Å². The fourth-order valence-corrected chi connectivity index (χ4v) is 1.11. The lowest BCUT2D eigenvalue weighted by molar-refractivity contribution is 0.783. The molecule has 4 heteroatoms. The van der Waals surface area contributed by atoms with Crippen LogP contribution in [0, 0.1) is 24.2 Å². The number of nitrogens with zero attached hydrogens (tertiary/aromatic N) is 1. The van der Waals surface area contributed by atoms with E-state index in [1.807, 2.05) is 0 Å². The zero-order valence-electron chi connectivity index (χ0n) is 8.92. The van der Waals surface area contributed by atoms with E-state index in [0.717, 1.165) is 25.7 Å². The number of aromatic amines is 1. The summed E-state index contributed by atoms with van der Waals surface area (Å²) >= 11 is 0. The summed E-state index contributed by atoms with van der Waals surface area (Å²) in [6, 6.07) is 0. The minimum Gasteiger partial charge on any atom is -0.382 e. The van der Waals surface area contributed by atoms with Crippen LogP contribution in [0.3, 0.4) is 0 Å². The summed E-state index contributed by atoms with van der Waals surface area (Å²) < 4.78 is 0. The number of nitrogen functional groups attached to an aromatic ring is 1. The van der Waals surface area contributed by atoms with Gasteiger partial charge in [0.1, 0.15) is 5.82 Å². The predicted octanol–water partition coefficient (Wildman–Crippen LogP) is 0.897. The first kappa shape index (κ1) is 11.9. The average molecular weight is 215 g/mol. The molecule has 4 nitrogen and oxygen atoms in total. The van der Waals surface area contributed by atoms with Gasteiger partial charge in [0.2, 0.25) is 0 Å². The van der Waals surface area contributed by atoms with Gasteiger partial charge in [0.15, 0.2) is 0 Å². The van der Waals surface area contributed by atoms with Crippen molar-refractivity contribution in [3.05, 3.63) is 22.2 Å². The highest BCUT2D eigenvalue weighted by atomic mass is 16.1. The quantitative estimate of drug-likeness (QED) is 0.581. The number of aromatic nitrogens is 2. The lowest BCUT2D eigenvalue weighted by Gasteiger charge is -1.93. The molecule has 0 saturated heterocycles. The fourth-order valence-electron chi connectivity index (χ4n) is 1.11. The number of unbranched alkanes of at least 4 members (excludes halogenated alkanes) is 3. The number of terminal acetylenes is 1. The van der Waals surface area contributed by atoms with Gasteiger partial charge in [-0.15, -0.1) is 12.3 Å². The Morgan fingerprint density at radius 3 is 2.88 bits per heavy atom. The molecule has 0 aliphatic rings. The molecular weight excluding hydrogens is 202 g/mol. The van der Waals surface area contributed by atoms with Gasteiger partial charge in [-0.2, -0.15) is 4.98 Å². The van der Waals surface area contributed by atoms with E-state index in [1.54, 1.807) is 0 Å². The maximum Gasteiger partial charge on any atom is 0.346 e. The van der Waals surface area contributed by atoms with E-state index >= 15 is 0 Å². The summed E-state index contributed by atoms with van der Waals surface area (Å²) in [5, 5.41) is 0. The Hall–Kier alpha value is -2.20. The van der Waals surface area contributed by atoms with Gasteiger partial charge in [0.25, 0.3) is 0 Å². The molecule has 0 radical (unpaired) electrons. The topological polar surface area (TPSA) is 71.8 Å². The van der Waals surface area contributed by atoms with Crippen molar-refractivity contribution in [2.24, 2.45) is 0 Å². The molecule has 1 heterocycles. The first-order valence-electron chi connectivity index (χ1n) is 5.01. The van der Waals surface area contributed by atoms with Gasteiger partial charge in [-0.1, -0.05) is 11.8 Å². The van der Waals surface area contributed by atoms with Gasteiger partial charge in [-0.25, -0.2) is 4.79 Å². The molecule has 0 atom stereocenters. The number of anilines is 1. The second-order valence-electron chi connectivity index (χ2n) is 3.22. The summed E-state index contributed by atoms with van der Waals surface area (Å²) in [4.78, 5) is 16.7. The van der Waals surface area contributed by atoms with Crippen molar-refractivity contribution in [2.45, 2.75) is 25.7 Å². The molecule has 0 bridgehead atoms. The summed E-state index contributed by atoms with van der Waals surface area (Å²) in [5.74, 6) is 8.56.